The fourth-order valence-corrected chi connectivity index (χ4v) is 4.66. The fourth-order valence-electron chi connectivity index (χ4n) is 4.66. The van der Waals surface area contributed by atoms with E-state index >= 15 is 0 Å². The number of benzene rings is 1. The molecule has 1 amide bonds. The maximum atomic E-state index is 13.1. The maximum absolute atomic E-state index is 13.1. The topological polar surface area (TPSA) is 64.6 Å². The zero-order valence-corrected chi connectivity index (χ0v) is 18.8. The minimum absolute atomic E-state index is 0.221. The summed E-state index contributed by atoms with van der Waals surface area (Å²) in [5.41, 5.74) is 1.02. The number of piperazine rings is 1. The predicted octanol–water partition coefficient (Wildman–Crippen LogP) is 3.39. The lowest BCUT2D eigenvalue weighted by Crippen LogP contribution is -2.49. The molecule has 1 aromatic carbocycles. The van der Waals surface area contributed by atoms with E-state index in [2.05, 4.69) is 32.0 Å². The second kappa shape index (κ2) is 10.6. The molecule has 0 unspecified atom stereocenters. The van der Waals surface area contributed by atoms with Crippen LogP contribution < -0.4 is 15.1 Å². The molecule has 0 bridgehead atoms. The van der Waals surface area contributed by atoms with E-state index in [1.54, 1.807) is 18.5 Å². The van der Waals surface area contributed by atoms with Crippen molar-refractivity contribution in [1.29, 1.82) is 0 Å². The Bertz CT molecular complexity index is 884. The first-order valence-corrected chi connectivity index (χ1v) is 11.7. The van der Waals surface area contributed by atoms with Gasteiger partial charge in [-0.2, -0.15) is 0 Å². The van der Waals surface area contributed by atoms with E-state index in [9.17, 15) is 9.18 Å². The van der Waals surface area contributed by atoms with Gasteiger partial charge in [-0.15, -0.1) is 0 Å². The predicted molar refractivity (Wildman–Crippen MR) is 126 cm³/mol. The number of piperidine rings is 1. The van der Waals surface area contributed by atoms with Gasteiger partial charge >= 0.3 is 0 Å². The number of amides is 1. The monoisotopic (exact) mass is 440 g/mol. The van der Waals surface area contributed by atoms with E-state index < -0.39 is 0 Å². The van der Waals surface area contributed by atoms with E-state index in [4.69, 9.17) is 0 Å². The van der Waals surface area contributed by atoms with E-state index in [0.29, 0.717) is 12.3 Å². The van der Waals surface area contributed by atoms with Gasteiger partial charge in [0.15, 0.2) is 0 Å². The minimum Gasteiger partial charge on any atom is -0.370 e. The standard InChI is InChI=1S/C24H33FN6O/c1-2-26-22-16-23(28-18-27-22)31-11-3-4-19(17-31)5-10-24(32)30-14-12-29(13-15-30)21-8-6-20(25)7-9-21/h6-9,16,18-19H,2-5,10-15,17H2,1H3,(H,26,27,28)/t19-/m0/s1. The van der Waals surface area contributed by atoms with Gasteiger partial charge in [0.25, 0.3) is 0 Å². The number of carbonyl (C=O) groups excluding carboxylic acids is 1. The third-order valence-electron chi connectivity index (χ3n) is 6.44. The summed E-state index contributed by atoms with van der Waals surface area (Å²) in [6.45, 7) is 7.85. The van der Waals surface area contributed by atoms with Crippen molar-refractivity contribution >= 4 is 23.2 Å². The molecule has 1 N–H and O–H groups in total. The second-order valence-corrected chi connectivity index (χ2v) is 8.63. The largest absolute Gasteiger partial charge is 0.370 e. The van der Waals surface area contributed by atoms with Crippen molar-refractivity contribution in [2.24, 2.45) is 5.92 Å². The molecule has 32 heavy (non-hydrogen) atoms. The highest BCUT2D eigenvalue weighted by Crippen LogP contribution is 2.26. The molecule has 2 aliphatic rings. The molecule has 2 saturated heterocycles. The van der Waals surface area contributed by atoms with Crippen LogP contribution in [0.25, 0.3) is 0 Å². The third-order valence-corrected chi connectivity index (χ3v) is 6.44. The molecule has 2 aliphatic heterocycles. The molecule has 1 atom stereocenters. The van der Waals surface area contributed by atoms with Crippen LogP contribution in [0.1, 0.15) is 32.6 Å². The van der Waals surface area contributed by atoms with Crippen LogP contribution in [-0.2, 0) is 4.79 Å². The van der Waals surface area contributed by atoms with Crippen LogP contribution in [0.5, 0.6) is 0 Å². The highest BCUT2D eigenvalue weighted by atomic mass is 19.1. The van der Waals surface area contributed by atoms with Gasteiger partial charge in [0.05, 0.1) is 0 Å². The Morgan fingerprint density at radius 2 is 1.88 bits per heavy atom. The van der Waals surface area contributed by atoms with Gasteiger partial charge in [0.1, 0.15) is 23.8 Å². The lowest BCUT2D eigenvalue weighted by Gasteiger charge is -2.37. The number of hydrogen-bond donors (Lipinski definition) is 1. The first kappa shape index (κ1) is 22.3. The smallest absolute Gasteiger partial charge is 0.222 e. The molecular weight excluding hydrogens is 407 g/mol. The van der Waals surface area contributed by atoms with E-state index in [-0.39, 0.29) is 11.7 Å². The van der Waals surface area contributed by atoms with Crippen LogP contribution in [0.2, 0.25) is 0 Å². The summed E-state index contributed by atoms with van der Waals surface area (Å²) in [7, 11) is 0. The number of hydrogen-bond acceptors (Lipinski definition) is 6. The van der Waals surface area contributed by atoms with E-state index in [1.807, 2.05) is 11.0 Å². The Morgan fingerprint density at radius 3 is 2.62 bits per heavy atom. The number of anilines is 3. The molecule has 8 heteroatoms. The first-order chi connectivity index (χ1) is 15.6. The van der Waals surface area contributed by atoms with E-state index in [1.165, 1.54) is 12.1 Å². The van der Waals surface area contributed by atoms with Gasteiger partial charge in [-0.05, 0) is 56.4 Å². The molecular formula is C24H33FN6O. The summed E-state index contributed by atoms with van der Waals surface area (Å²) >= 11 is 0. The molecule has 2 aromatic rings. The van der Waals surface area contributed by atoms with Gasteiger partial charge in [0, 0.05) is 64.0 Å². The lowest BCUT2D eigenvalue weighted by molar-refractivity contribution is -0.131. The van der Waals surface area contributed by atoms with Gasteiger partial charge in [-0.3, -0.25) is 4.79 Å². The van der Waals surface area contributed by atoms with Crippen molar-refractivity contribution in [2.75, 3.05) is 60.9 Å². The average Bonchev–Trinajstić information content (AvgIpc) is 2.84. The maximum Gasteiger partial charge on any atom is 0.222 e. The number of halogens is 1. The lowest BCUT2D eigenvalue weighted by atomic mass is 9.93. The zero-order chi connectivity index (χ0) is 22.3. The van der Waals surface area contributed by atoms with Crippen molar-refractivity contribution in [2.45, 2.75) is 32.6 Å². The second-order valence-electron chi connectivity index (χ2n) is 8.63. The molecule has 172 valence electrons. The Morgan fingerprint density at radius 1 is 1.09 bits per heavy atom. The quantitative estimate of drug-likeness (QED) is 0.712. The Hall–Kier alpha value is -2.90. The summed E-state index contributed by atoms with van der Waals surface area (Å²) < 4.78 is 13.1. The SMILES string of the molecule is CCNc1cc(N2CCC[C@@H](CCC(=O)N3CCN(c4ccc(F)cc4)CC3)C2)ncn1. The molecule has 1 aromatic heterocycles. The highest BCUT2D eigenvalue weighted by Gasteiger charge is 2.25. The third kappa shape index (κ3) is 5.66. The molecule has 0 aliphatic carbocycles. The number of carbonyl (C=O) groups is 1. The summed E-state index contributed by atoms with van der Waals surface area (Å²) in [5.74, 6) is 2.35. The molecule has 3 heterocycles. The van der Waals surface area contributed by atoms with Crippen molar-refractivity contribution in [3.05, 3.63) is 42.5 Å². The number of nitrogens with zero attached hydrogens (tertiary/aromatic N) is 5. The molecule has 0 saturated carbocycles. The van der Waals surface area contributed by atoms with Crippen LogP contribution >= 0.6 is 0 Å². The Labute approximate surface area is 189 Å². The van der Waals surface area contributed by atoms with E-state index in [0.717, 1.165) is 82.4 Å². The summed E-state index contributed by atoms with van der Waals surface area (Å²) in [6, 6.07) is 8.60. The highest BCUT2D eigenvalue weighted by molar-refractivity contribution is 5.76. The molecule has 7 nitrogen and oxygen atoms in total. The van der Waals surface area contributed by atoms with Gasteiger partial charge in [-0.25, -0.2) is 14.4 Å². The van der Waals surface area contributed by atoms with Gasteiger partial charge in [-0.1, -0.05) is 0 Å². The minimum atomic E-state index is -0.221. The van der Waals surface area contributed by atoms with Crippen molar-refractivity contribution in [1.82, 2.24) is 14.9 Å². The summed E-state index contributed by atoms with van der Waals surface area (Å²) in [5, 5.41) is 3.24. The molecule has 0 radical (unpaired) electrons. The normalized spacial score (nSPS) is 19.2. The summed E-state index contributed by atoms with van der Waals surface area (Å²) in [6.07, 6.45) is 5.41. The summed E-state index contributed by atoms with van der Waals surface area (Å²) in [4.78, 5) is 28.1. The van der Waals surface area contributed by atoms with Crippen molar-refractivity contribution < 1.29 is 9.18 Å². The fraction of sp³-hybridized carbons (Fsp3) is 0.542. The van der Waals surface area contributed by atoms with Crippen molar-refractivity contribution in [3.8, 4) is 0 Å². The Kier molecular flexibility index (Phi) is 7.39. The van der Waals surface area contributed by atoms with Crippen LogP contribution in [0, 0.1) is 11.7 Å². The number of nitrogens with one attached hydrogen (secondary N) is 1. The van der Waals surface area contributed by atoms with Crippen LogP contribution in [-0.4, -0.2) is 66.6 Å². The number of rotatable bonds is 7. The van der Waals surface area contributed by atoms with Gasteiger partial charge in [0.2, 0.25) is 5.91 Å². The first-order valence-electron chi connectivity index (χ1n) is 11.7. The molecule has 0 spiro atoms. The van der Waals surface area contributed by atoms with Crippen molar-refractivity contribution in [3.63, 3.8) is 0 Å². The Balaban J connectivity index is 1.23. The molecule has 2 fully saturated rings. The number of aromatic nitrogens is 2. The van der Waals surface area contributed by atoms with Gasteiger partial charge < -0.3 is 20.0 Å². The van der Waals surface area contributed by atoms with Crippen LogP contribution in [0.15, 0.2) is 36.7 Å². The zero-order valence-electron chi connectivity index (χ0n) is 18.8. The van der Waals surface area contributed by atoms with Crippen LogP contribution in [0.3, 0.4) is 0 Å². The molecule has 4 rings (SSSR count). The van der Waals surface area contributed by atoms with Crippen LogP contribution in [0.4, 0.5) is 21.7 Å². The average molecular weight is 441 g/mol.